The Morgan fingerprint density at radius 1 is 1.26 bits per heavy atom. The van der Waals surface area contributed by atoms with Crippen LogP contribution in [0.4, 0.5) is 4.39 Å². The summed E-state index contributed by atoms with van der Waals surface area (Å²) in [6.07, 6.45) is 0.633. The van der Waals surface area contributed by atoms with Gasteiger partial charge in [-0.25, -0.2) is 4.39 Å². The van der Waals surface area contributed by atoms with Crippen LogP contribution in [0.5, 0.6) is 5.75 Å². The van der Waals surface area contributed by atoms with E-state index in [1.165, 1.54) is 6.07 Å². The van der Waals surface area contributed by atoms with Crippen molar-refractivity contribution in [3.05, 3.63) is 41.7 Å². The summed E-state index contributed by atoms with van der Waals surface area (Å²) in [7, 11) is 0. The van der Waals surface area contributed by atoms with Gasteiger partial charge in [0.1, 0.15) is 11.6 Å². The summed E-state index contributed by atoms with van der Waals surface area (Å²) >= 11 is 0. The van der Waals surface area contributed by atoms with Crippen molar-refractivity contribution < 1.29 is 13.9 Å². The molecule has 0 aromatic heterocycles. The van der Waals surface area contributed by atoms with Crippen LogP contribution in [0.1, 0.15) is 26.3 Å². The Kier molecular flexibility index (Phi) is 3.84. The molecular formula is C16H17FO2. The number of hydrogen-bond donors (Lipinski definition) is 0. The van der Waals surface area contributed by atoms with Gasteiger partial charge in [-0.15, -0.1) is 0 Å². The third kappa shape index (κ3) is 2.75. The number of halogens is 1. The first kappa shape index (κ1) is 13.5. The smallest absolute Gasteiger partial charge is 0.313 e. The average Bonchev–Trinajstić information content (AvgIpc) is 2.38. The predicted octanol–water partition coefficient (Wildman–Crippen LogP) is 4.10. The summed E-state index contributed by atoms with van der Waals surface area (Å²) in [6.45, 7) is 5.49. The quantitative estimate of drug-likeness (QED) is 0.613. The van der Waals surface area contributed by atoms with Gasteiger partial charge in [0.2, 0.25) is 0 Å². The van der Waals surface area contributed by atoms with Crippen LogP contribution in [-0.2, 0) is 11.2 Å². The van der Waals surface area contributed by atoms with Crippen molar-refractivity contribution in [3.8, 4) is 5.75 Å². The fourth-order valence-electron chi connectivity index (χ4n) is 2.00. The molecule has 0 spiro atoms. The molecule has 0 unspecified atom stereocenters. The van der Waals surface area contributed by atoms with Crippen molar-refractivity contribution in [1.82, 2.24) is 0 Å². The summed E-state index contributed by atoms with van der Waals surface area (Å²) in [4.78, 5) is 11.5. The number of aryl methyl sites for hydroxylation is 1. The second-order valence-electron chi connectivity index (χ2n) is 4.84. The number of hydrogen-bond acceptors (Lipinski definition) is 2. The Hall–Kier alpha value is -1.90. The highest BCUT2D eigenvalue weighted by molar-refractivity contribution is 5.88. The molecule has 0 aliphatic carbocycles. The monoisotopic (exact) mass is 260 g/mol. The predicted molar refractivity (Wildman–Crippen MR) is 73.8 cm³/mol. The Morgan fingerprint density at radius 2 is 2.00 bits per heavy atom. The lowest BCUT2D eigenvalue weighted by atomic mass is 10.0. The average molecular weight is 260 g/mol. The minimum absolute atomic E-state index is 0.171. The van der Waals surface area contributed by atoms with Gasteiger partial charge in [-0.05, 0) is 41.0 Å². The maximum absolute atomic E-state index is 13.7. The molecule has 2 aromatic rings. The van der Waals surface area contributed by atoms with E-state index in [1.807, 2.05) is 6.92 Å². The molecule has 0 aliphatic rings. The number of ether oxygens (including phenoxy) is 1. The maximum atomic E-state index is 13.7. The van der Waals surface area contributed by atoms with E-state index in [0.29, 0.717) is 17.7 Å². The third-order valence-electron chi connectivity index (χ3n) is 3.09. The molecule has 0 fully saturated rings. The summed E-state index contributed by atoms with van der Waals surface area (Å²) in [5.74, 6) is -0.130. The van der Waals surface area contributed by atoms with Crippen LogP contribution < -0.4 is 4.74 Å². The van der Waals surface area contributed by atoms with Crippen LogP contribution in [-0.4, -0.2) is 5.97 Å². The molecule has 3 heteroatoms. The number of carbonyl (C=O) groups excluding carboxylic acids is 1. The van der Waals surface area contributed by atoms with E-state index in [0.717, 1.165) is 10.8 Å². The molecular weight excluding hydrogens is 243 g/mol. The number of esters is 1. The van der Waals surface area contributed by atoms with Crippen molar-refractivity contribution >= 4 is 16.7 Å². The van der Waals surface area contributed by atoms with Gasteiger partial charge in [-0.3, -0.25) is 4.79 Å². The van der Waals surface area contributed by atoms with Crippen molar-refractivity contribution in [1.29, 1.82) is 0 Å². The fourth-order valence-corrected chi connectivity index (χ4v) is 2.00. The Labute approximate surface area is 112 Å². The highest BCUT2D eigenvalue weighted by Gasteiger charge is 2.11. The van der Waals surface area contributed by atoms with Gasteiger partial charge in [0.15, 0.2) is 0 Å². The number of fused-ring (bicyclic) bond motifs is 1. The summed E-state index contributed by atoms with van der Waals surface area (Å²) in [5, 5.41) is 1.75. The molecule has 0 radical (unpaired) electrons. The topological polar surface area (TPSA) is 26.3 Å². The number of rotatable bonds is 3. The molecule has 2 aromatic carbocycles. The highest BCUT2D eigenvalue weighted by Crippen LogP contribution is 2.26. The lowest BCUT2D eigenvalue weighted by Gasteiger charge is -2.10. The standard InChI is InChI=1S/C16H17FO2/c1-4-13-14-7-6-12(19-16(18)10(2)3)9-11(14)5-8-15(13)17/h5-10H,4H2,1-3H3. The van der Waals surface area contributed by atoms with Crippen molar-refractivity contribution in [3.63, 3.8) is 0 Å². The molecule has 0 heterocycles. The van der Waals surface area contributed by atoms with Gasteiger partial charge in [-0.1, -0.05) is 32.9 Å². The largest absolute Gasteiger partial charge is 0.426 e. The van der Waals surface area contributed by atoms with Gasteiger partial charge < -0.3 is 4.74 Å². The molecule has 0 N–H and O–H groups in total. The van der Waals surface area contributed by atoms with E-state index in [-0.39, 0.29) is 17.7 Å². The molecule has 0 saturated heterocycles. The number of carbonyl (C=O) groups is 1. The molecule has 19 heavy (non-hydrogen) atoms. The van der Waals surface area contributed by atoms with E-state index in [4.69, 9.17) is 4.74 Å². The molecule has 0 aliphatic heterocycles. The Balaban J connectivity index is 2.42. The highest BCUT2D eigenvalue weighted by atomic mass is 19.1. The first-order valence-corrected chi connectivity index (χ1v) is 6.45. The van der Waals surface area contributed by atoms with E-state index in [2.05, 4.69) is 0 Å². The van der Waals surface area contributed by atoms with Crippen LogP contribution in [0.3, 0.4) is 0 Å². The van der Waals surface area contributed by atoms with Crippen LogP contribution in [0.2, 0.25) is 0 Å². The van der Waals surface area contributed by atoms with Crippen LogP contribution in [0.25, 0.3) is 10.8 Å². The first-order chi connectivity index (χ1) is 9.02. The molecule has 2 rings (SSSR count). The van der Waals surface area contributed by atoms with Gasteiger partial charge in [0.05, 0.1) is 5.92 Å². The second kappa shape index (κ2) is 5.39. The molecule has 0 bridgehead atoms. The van der Waals surface area contributed by atoms with Crippen LogP contribution >= 0.6 is 0 Å². The summed E-state index contributed by atoms with van der Waals surface area (Å²) in [5.41, 5.74) is 0.694. The SMILES string of the molecule is CCc1c(F)ccc2cc(OC(=O)C(C)C)ccc12. The molecule has 100 valence electrons. The summed E-state index contributed by atoms with van der Waals surface area (Å²) < 4.78 is 18.9. The Morgan fingerprint density at radius 3 is 2.63 bits per heavy atom. The van der Waals surface area contributed by atoms with Crippen LogP contribution in [0.15, 0.2) is 30.3 Å². The minimum atomic E-state index is -0.267. The van der Waals surface area contributed by atoms with Crippen LogP contribution in [0, 0.1) is 11.7 Å². The van der Waals surface area contributed by atoms with E-state index in [9.17, 15) is 9.18 Å². The maximum Gasteiger partial charge on any atom is 0.313 e. The normalized spacial score (nSPS) is 11.0. The first-order valence-electron chi connectivity index (χ1n) is 6.45. The minimum Gasteiger partial charge on any atom is -0.426 e. The van der Waals surface area contributed by atoms with Gasteiger partial charge in [-0.2, -0.15) is 0 Å². The van der Waals surface area contributed by atoms with Gasteiger partial charge in [0, 0.05) is 0 Å². The number of benzene rings is 2. The van der Waals surface area contributed by atoms with E-state index >= 15 is 0 Å². The lowest BCUT2D eigenvalue weighted by molar-refractivity contribution is -0.137. The summed E-state index contributed by atoms with van der Waals surface area (Å²) in [6, 6.07) is 8.45. The Bertz CT molecular complexity index is 617. The zero-order valence-corrected chi connectivity index (χ0v) is 11.4. The van der Waals surface area contributed by atoms with E-state index < -0.39 is 0 Å². The van der Waals surface area contributed by atoms with Crippen molar-refractivity contribution in [2.45, 2.75) is 27.2 Å². The lowest BCUT2D eigenvalue weighted by Crippen LogP contribution is -2.14. The zero-order chi connectivity index (χ0) is 14.0. The molecule has 0 amide bonds. The van der Waals surface area contributed by atoms with E-state index in [1.54, 1.807) is 38.1 Å². The van der Waals surface area contributed by atoms with Gasteiger partial charge in [0.25, 0.3) is 0 Å². The molecule has 0 atom stereocenters. The molecule has 2 nitrogen and oxygen atoms in total. The third-order valence-corrected chi connectivity index (χ3v) is 3.09. The molecule has 0 saturated carbocycles. The second-order valence-corrected chi connectivity index (χ2v) is 4.84. The van der Waals surface area contributed by atoms with Gasteiger partial charge >= 0.3 is 5.97 Å². The fraction of sp³-hybridized carbons (Fsp3) is 0.312. The zero-order valence-electron chi connectivity index (χ0n) is 11.4. The van der Waals surface area contributed by atoms with Crippen molar-refractivity contribution in [2.75, 3.05) is 0 Å². The van der Waals surface area contributed by atoms with Crippen molar-refractivity contribution in [2.24, 2.45) is 5.92 Å².